The summed E-state index contributed by atoms with van der Waals surface area (Å²) in [4.78, 5) is 0. The minimum atomic E-state index is -4.80. The predicted molar refractivity (Wildman–Crippen MR) is 160 cm³/mol. The van der Waals surface area contributed by atoms with Gasteiger partial charge in [0.15, 0.2) is 5.69 Å². The van der Waals surface area contributed by atoms with Crippen LogP contribution in [0.25, 0.3) is 5.69 Å². The molecule has 0 radical (unpaired) electrons. The summed E-state index contributed by atoms with van der Waals surface area (Å²) < 4.78 is 63.1. The number of aromatic nitrogens is 2. The van der Waals surface area contributed by atoms with Crippen molar-refractivity contribution in [3.05, 3.63) is 155 Å². The van der Waals surface area contributed by atoms with Crippen molar-refractivity contribution in [1.29, 1.82) is 0 Å². The van der Waals surface area contributed by atoms with E-state index in [1.807, 2.05) is 91.0 Å². The van der Waals surface area contributed by atoms with Gasteiger partial charge < -0.3 is 19.3 Å². The summed E-state index contributed by atoms with van der Waals surface area (Å²) in [7, 11) is 0. The lowest BCUT2D eigenvalue weighted by Crippen LogP contribution is -2.39. The molecule has 0 aliphatic rings. The molecule has 0 spiro atoms. The molecule has 5 rings (SSSR count). The molecule has 4 aromatic carbocycles. The average molecular weight is 603 g/mol. The summed E-state index contributed by atoms with van der Waals surface area (Å²) in [6.07, 6.45) is -7.45. The Morgan fingerprint density at radius 2 is 1.14 bits per heavy atom. The average Bonchev–Trinajstić information content (AvgIpc) is 3.51. The van der Waals surface area contributed by atoms with Crippen molar-refractivity contribution < 1.29 is 32.5 Å². The fourth-order valence-electron chi connectivity index (χ4n) is 4.78. The highest BCUT2D eigenvalue weighted by Crippen LogP contribution is 2.38. The van der Waals surface area contributed by atoms with Gasteiger partial charge in [0.25, 0.3) is 0 Å². The monoisotopic (exact) mass is 602 g/mol. The maximum Gasteiger partial charge on any atom is 0.435 e. The van der Waals surface area contributed by atoms with Gasteiger partial charge in [-0.15, -0.1) is 0 Å². The van der Waals surface area contributed by atoms with Crippen LogP contribution in [0.4, 0.5) is 13.2 Å². The summed E-state index contributed by atoms with van der Waals surface area (Å²) in [6, 6.07) is 36.2. The third-order valence-corrected chi connectivity index (χ3v) is 6.97. The number of alkyl halides is 3. The number of para-hydroxylation sites is 1. The van der Waals surface area contributed by atoms with Crippen LogP contribution in [-0.2, 0) is 40.2 Å². The molecular weight excluding hydrogens is 569 g/mol. The van der Waals surface area contributed by atoms with E-state index in [0.717, 1.165) is 16.7 Å². The molecule has 0 saturated heterocycles. The number of aliphatic hydroxyl groups is 1. The van der Waals surface area contributed by atoms with Crippen LogP contribution in [0, 0.1) is 0 Å². The number of halogens is 3. The molecule has 9 heteroatoms. The molecule has 0 saturated carbocycles. The number of nitrogens with zero attached hydrogens (tertiary/aromatic N) is 2. The molecule has 228 valence electrons. The Morgan fingerprint density at radius 1 is 0.659 bits per heavy atom. The second-order valence-corrected chi connectivity index (χ2v) is 10.3. The summed E-state index contributed by atoms with van der Waals surface area (Å²) in [5.74, 6) is 0. The van der Waals surface area contributed by atoms with E-state index in [0.29, 0.717) is 5.69 Å². The Morgan fingerprint density at radius 3 is 1.66 bits per heavy atom. The van der Waals surface area contributed by atoms with Crippen molar-refractivity contribution in [3.8, 4) is 5.69 Å². The van der Waals surface area contributed by atoms with Crippen molar-refractivity contribution in [2.45, 2.75) is 44.3 Å². The number of hydrogen-bond donors (Lipinski definition) is 1. The minimum Gasteiger partial charge on any atom is -0.388 e. The molecule has 6 nitrogen and oxygen atoms in total. The zero-order valence-corrected chi connectivity index (χ0v) is 23.9. The van der Waals surface area contributed by atoms with Gasteiger partial charge in [-0.3, -0.25) is 0 Å². The highest BCUT2D eigenvalue weighted by molar-refractivity contribution is 5.35. The molecule has 0 aliphatic heterocycles. The molecule has 5 aromatic rings. The fraction of sp³-hybridized carbons (Fsp3) is 0.229. The van der Waals surface area contributed by atoms with Gasteiger partial charge in [-0.25, -0.2) is 4.68 Å². The lowest BCUT2D eigenvalue weighted by molar-refractivity contribution is -0.159. The number of benzene rings is 4. The normalized spacial score (nSPS) is 13.8. The van der Waals surface area contributed by atoms with Gasteiger partial charge in [0.1, 0.15) is 18.3 Å². The first-order valence-electron chi connectivity index (χ1n) is 14.2. The molecule has 0 bridgehead atoms. The molecule has 1 N–H and O–H groups in total. The summed E-state index contributed by atoms with van der Waals surface area (Å²) in [6.45, 7) is 0.00897. The van der Waals surface area contributed by atoms with Gasteiger partial charge in [-0.05, 0) is 28.8 Å². The van der Waals surface area contributed by atoms with Crippen molar-refractivity contribution in [1.82, 2.24) is 9.78 Å². The molecule has 3 atom stereocenters. The van der Waals surface area contributed by atoms with Crippen molar-refractivity contribution in [2.75, 3.05) is 6.61 Å². The highest BCUT2D eigenvalue weighted by Gasteiger charge is 2.43. The lowest BCUT2D eigenvalue weighted by Gasteiger charge is -2.31. The Kier molecular flexibility index (Phi) is 10.6. The van der Waals surface area contributed by atoms with Gasteiger partial charge in [0.2, 0.25) is 0 Å². The third kappa shape index (κ3) is 8.42. The van der Waals surface area contributed by atoms with Crippen LogP contribution in [0.15, 0.2) is 128 Å². The molecule has 0 unspecified atom stereocenters. The predicted octanol–water partition coefficient (Wildman–Crippen LogP) is 7.31. The zero-order chi connectivity index (χ0) is 30.8. The standard InChI is InChI=1S/C35H33F3N2O4/c36-35(37,38)34-30(21-40(39-34)29-19-11-4-12-20-29)32(43-23-27-15-7-2-8-16-27)33(44-24-28-17-9-3-10-18-28)31(41)25-42-22-26-13-5-1-6-14-26/h1-21,31-33,41H,22-25H2/t31-,32-,33+/m1/s1. The Hall–Kier alpha value is -4.28. The van der Waals surface area contributed by atoms with Crippen molar-refractivity contribution in [3.63, 3.8) is 0 Å². The number of ether oxygens (including phenoxy) is 3. The number of aliphatic hydroxyl groups excluding tert-OH is 1. The van der Waals surface area contributed by atoms with E-state index in [9.17, 15) is 18.3 Å². The SMILES string of the molecule is O[C@H](COCc1ccccc1)[C@H](OCc1ccccc1)[C@H](OCc1ccccc1)c1cn(-c2ccccc2)nc1C(F)(F)F. The molecular formula is C35H33F3N2O4. The quantitative estimate of drug-likeness (QED) is 0.144. The van der Waals surface area contributed by atoms with E-state index >= 15 is 0 Å². The molecule has 0 aliphatic carbocycles. The van der Waals surface area contributed by atoms with E-state index in [2.05, 4.69) is 5.10 Å². The van der Waals surface area contributed by atoms with Gasteiger partial charge in [-0.1, -0.05) is 109 Å². The van der Waals surface area contributed by atoms with Gasteiger partial charge >= 0.3 is 6.18 Å². The van der Waals surface area contributed by atoms with Crippen LogP contribution in [0.1, 0.15) is 34.1 Å². The van der Waals surface area contributed by atoms with Crippen LogP contribution in [0.2, 0.25) is 0 Å². The maximum absolute atomic E-state index is 14.5. The molecule has 1 aromatic heterocycles. The summed E-state index contributed by atoms with van der Waals surface area (Å²) >= 11 is 0. The molecule has 1 heterocycles. The van der Waals surface area contributed by atoms with Crippen molar-refractivity contribution >= 4 is 0 Å². The lowest BCUT2D eigenvalue weighted by atomic mass is 9.99. The van der Waals surface area contributed by atoms with E-state index in [-0.39, 0.29) is 32.0 Å². The first-order chi connectivity index (χ1) is 21.4. The molecule has 0 amide bonds. The first kappa shape index (κ1) is 31.2. The van der Waals surface area contributed by atoms with E-state index < -0.39 is 30.2 Å². The Balaban J connectivity index is 1.51. The molecule has 44 heavy (non-hydrogen) atoms. The Labute approximate surface area is 254 Å². The topological polar surface area (TPSA) is 65.7 Å². The summed E-state index contributed by atoms with van der Waals surface area (Å²) in [5.41, 5.74) is 1.50. The highest BCUT2D eigenvalue weighted by atomic mass is 19.4. The van der Waals surface area contributed by atoms with Crippen LogP contribution >= 0.6 is 0 Å². The smallest absolute Gasteiger partial charge is 0.388 e. The Bertz CT molecular complexity index is 1550. The van der Waals surface area contributed by atoms with E-state index in [4.69, 9.17) is 14.2 Å². The van der Waals surface area contributed by atoms with Gasteiger partial charge in [-0.2, -0.15) is 18.3 Å². The van der Waals surface area contributed by atoms with Crippen LogP contribution in [-0.4, -0.2) is 33.7 Å². The number of rotatable bonds is 14. The van der Waals surface area contributed by atoms with E-state index in [1.165, 1.54) is 10.9 Å². The van der Waals surface area contributed by atoms with Gasteiger partial charge in [0.05, 0.1) is 32.1 Å². The number of hydrogen-bond acceptors (Lipinski definition) is 5. The second-order valence-electron chi connectivity index (χ2n) is 10.3. The zero-order valence-electron chi connectivity index (χ0n) is 23.9. The van der Waals surface area contributed by atoms with Gasteiger partial charge in [0, 0.05) is 11.8 Å². The molecule has 0 fully saturated rings. The maximum atomic E-state index is 14.5. The largest absolute Gasteiger partial charge is 0.435 e. The third-order valence-electron chi connectivity index (χ3n) is 6.97. The first-order valence-corrected chi connectivity index (χ1v) is 14.2. The van der Waals surface area contributed by atoms with Crippen LogP contribution < -0.4 is 0 Å². The van der Waals surface area contributed by atoms with Crippen molar-refractivity contribution in [2.24, 2.45) is 0 Å². The second kappa shape index (κ2) is 14.9. The van der Waals surface area contributed by atoms with Crippen LogP contribution in [0.5, 0.6) is 0 Å². The summed E-state index contributed by atoms with van der Waals surface area (Å²) in [5, 5.41) is 15.4. The minimum absolute atomic E-state index is 0.0257. The van der Waals surface area contributed by atoms with Crippen LogP contribution in [0.3, 0.4) is 0 Å². The van der Waals surface area contributed by atoms with E-state index in [1.54, 1.807) is 30.3 Å². The fourth-order valence-corrected chi connectivity index (χ4v) is 4.78.